The van der Waals surface area contributed by atoms with E-state index in [-0.39, 0.29) is 25.3 Å². The van der Waals surface area contributed by atoms with Crippen LogP contribution in [0.2, 0.25) is 0 Å². The zero-order chi connectivity index (χ0) is 14.0. The minimum absolute atomic E-state index is 0.0685. The number of hydrogen-bond acceptors (Lipinski definition) is 3. The van der Waals surface area contributed by atoms with Gasteiger partial charge in [0.15, 0.2) is 17.5 Å². The maximum atomic E-state index is 13.1. The molecule has 0 spiro atoms. The Kier molecular flexibility index (Phi) is 4.44. The number of morpholine rings is 1. The van der Waals surface area contributed by atoms with Gasteiger partial charge in [0, 0.05) is 19.1 Å². The lowest BCUT2D eigenvalue weighted by atomic mass is 10.1. The summed E-state index contributed by atoms with van der Waals surface area (Å²) in [5, 5.41) is 9.06. The van der Waals surface area contributed by atoms with Crippen LogP contribution in [0.1, 0.15) is 12.5 Å². The van der Waals surface area contributed by atoms with Crippen LogP contribution in [-0.2, 0) is 11.3 Å². The third-order valence-corrected chi connectivity index (χ3v) is 3.27. The average Bonchev–Trinajstić information content (AvgIpc) is 2.38. The van der Waals surface area contributed by atoms with Gasteiger partial charge in [-0.1, -0.05) is 0 Å². The molecule has 2 unspecified atom stereocenters. The van der Waals surface area contributed by atoms with Gasteiger partial charge in [-0.25, -0.2) is 13.2 Å². The molecule has 0 bridgehead atoms. The van der Waals surface area contributed by atoms with Crippen LogP contribution in [0.4, 0.5) is 13.2 Å². The SMILES string of the molecule is CC1COC(CO)CN1Cc1cc(F)c(F)c(F)c1. The van der Waals surface area contributed by atoms with Gasteiger partial charge in [-0.15, -0.1) is 0 Å². The molecule has 1 fully saturated rings. The van der Waals surface area contributed by atoms with Crippen molar-refractivity contribution in [1.29, 1.82) is 0 Å². The molecular weight excluding hydrogens is 259 g/mol. The number of hydrogen-bond donors (Lipinski definition) is 1. The van der Waals surface area contributed by atoms with E-state index in [9.17, 15) is 13.2 Å². The standard InChI is InChI=1S/C13H16F3NO2/c1-8-7-19-10(6-18)5-17(8)4-9-2-11(14)13(16)12(15)3-9/h2-3,8,10,18H,4-7H2,1H3. The molecule has 2 atom stereocenters. The lowest BCUT2D eigenvalue weighted by molar-refractivity contribution is -0.0805. The van der Waals surface area contributed by atoms with Crippen LogP contribution in [0.5, 0.6) is 0 Å². The smallest absolute Gasteiger partial charge is 0.194 e. The molecule has 1 heterocycles. The first kappa shape index (κ1) is 14.3. The van der Waals surface area contributed by atoms with Crippen molar-refractivity contribution in [1.82, 2.24) is 4.90 Å². The Balaban J connectivity index is 2.11. The van der Waals surface area contributed by atoms with Gasteiger partial charge in [0.25, 0.3) is 0 Å². The molecular formula is C13H16F3NO2. The summed E-state index contributed by atoms with van der Waals surface area (Å²) in [7, 11) is 0. The number of halogens is 3. The Bertz CT molecular complexity index is 433. The molecule has 0 amide bonds. The molecule has 1 aromatic rings. The van der Waals surface area contributed by atoms with Crippen molar-refractivity contribution in [2.45, 2.75) is 25.6 Å². The number of nitrogens with zero attached hydrogens (tertiary/aromatic N) is 1. The monoisotopic (exact) mass is 275 g/mol. The lowest BCUT2D eigenvalue weighted by Gasteiger charge is -2.37. The van der Waals surface area contributed by atoms with Gasteiger partial charge in [0.1, 0.15) is 0 Å². The fraction of sp³-hybridized carbons (Fsp3) is 0.538. The Morgan fingerprint density at radius 2 is 1.95 bits per heavy atom. The highest BCUT2D eigenvalue weighted by atomic mass is 19.2. The summed E-state index contributed by atoms with van der Waals surface area (Å²) in [6, 6.07) is 2.06. The van der Waals surface area contributed by atoms with Crippen LogP contribution >= 0.6 is 0 Å². The second-order valence-electron chi connectivity index (χ2n) is 4.79. The highest BCUT2D eigenvalue weighted by Crippen LogP contribution is 2.19. The minimum atomic E-state index is -1.45. The molecule has 6 heteroatoms. The summed E-state index contributed by atoms with van der Waals surface area (Å²) in [6.07, 6.45) is -0.300. The van der Waals surface area contributed by atoms with Gasteiger partial charge in [0.05, 0.1) is 19.3 Å². The Hall–Kier alpha value is -1.11. The molecule has 1 aliphatic heterocycles. The first-order valence-corrected chi connectivity index (χ1v) is 6.11. The van der Waals surface area contributed by atoms with Crippen LogP contribution in [0.25, 0.3) is 0 Å². The number of ether oxygens (including phenoxy) is 1. The fourth-order valence-corrected chi connectivity index (χ4v) is 2.14. The highest BCUT2D eigenvalue weighted by molar-refractivity contribution is 5.19. The van der Waals surface area contributed by atoms with E-state index in [0.29, 0.717) is 18.7 Å². The minimum Gasteiger partial charge on any atom is -0.394 e. The molecule has 0 radical (unpaired) electrons. The Morgan fingerprint density at radius 3 is 2.53 bits per heavy atom. The average molecular weight is 275 g/mol. The largest absolute Gasteiger partial charge is 0.394 e. The molecule has 106 valence electrons. The van der Waals surface area contributed by atoms with Gasteiger partial charge in [-0.3, -0.25) is 4.90 Å². The molecule has 0 aromatic heterocycles. The van der Waals surface area contributed by atoms with Gasteiger partial charge >= 0.3 is 0 Å². The second-order valence-corrected chi connectivity index (χ2v) is 4.79. The third-order valence-electron chi connectivity index (χ3n) is 3.27. The lowest BCUT2D eigenvalue weighted by Crippen LogP contribution is -2.48. The van der Waals surface area contributed by atoms with Gasteiger partial charge in [-0.2, -0.15) is 0 Å². The predicted molar refractivity (Wildman–Crippen MR) is 63.0 cm³/mol. The van der Waals surface area contributed by atoms with Crippen molar-refractivity contribution in [2.75, 3.05) is 19.8 Å². The summed E-state index contributed by atoms with van der Waals surface area (Å²) < 4.78 is 44.5. The summed E-state index contributed by atoms with van der Waals surface area (Å²) in [5.41, 5.74) is 0.363. The molecule has 2 rings (SSSR count). The van der Waals surface area contributed by atoms with Crippen molar-refractivity contribution in [3.8, 4) is 0 Å². The van der Waals surface area contributed by atoms with Crippen molar-refractivity contribution in [2.24, 2.45) is 0 Å². The van der Waals surface area contributed by atoms with Gasteiger partial charge < -0.3 is 9.84 Å². The molecule has 0 aliphatic carbocycles. The van der Waals surface area contributed by atoms with Crippen molar-refractivity contribution in [3.63, 3.8) is 0 Å². The number of benzene rings is 1. The van der Waals surface area contributed by atoms with E-state index in [1.165, 1.54) is 0 Å². The number of rotatable bonds is 3. The van der Waals surface area contributed by atoms with Crippen LogP contribution in [0, 0.1) is 17.5 Å². The van der Waals surface area contributed by atoms with E-state index in [1.54, 1.807) is 0 Å². The van der Waals surface area contributed by atoms with Gasteiger partial charge in [0.2, 0.25) is 0 Å². The van der Waals surface area contributed by atoms with E-state index in [2.05, 4.69) is 0 Å². The van der Waals surface area contributed by atoms with Crippen molar-refractivity contribution in [3.05, 3.63) is 35.1 Å². The zero-order valence-corrected chi connectivity index (χ0v) is 10.6. The first-order valence-electron chi connectivity index (χ1n) is 6.11. The highest BCUT2D eigenvalue weighted by Gasteiger charge is 2.26. The van der Waals surface area contributed by atoms with Crippen LogP contribution in [0.15, 0.2) is 12.1 Å². The number of aliphatic hydroxyl groups is 1. The topological polar surface area (TPSA) is 32.7 Å². The van der Waals surface area contributed by atoms with E-state index in [4.69, 9.17) is 9.84 Å². The molecule has 19 heavy (non-hydrogen) atoms. The molecule has 1 aromatic carbocycles. The maximum absolute atomic E-state index is 13.1. The van der Waals surface area contributed by atoms with Gasteiger partial charge in [-0.05, 0) is 24.6 Å². The molecule has 0 saturated carbocycles. The first-order chi connectivity index (χ1) is 9.01. The van der Waals surface area contributed by atoms with Crippen LogP contribution in [-0.4, -0.2) is 41.9 Å². The van der Waals surface area contributed by atoms with E-state index < -0.39 is 17.5 Å². The molecule has 1 N–H and O–H groups in total. The second kappa shape index (κ2) is 5.90. The van der Waals surface area contributed by atoms with Crippen LogP contribution < -0.4 is 0 Å². The zero-order valence-electron chi connectivity index (χ0n) is 10.6. The molecule has 3 nitrogen and oxygen atoms in total. The summed E-state index contributed by atoms with van der Waals surface area (Å²) >= 11 is 0. The maximum Gasteiger partial charge on any atom is 0.194 e. The van der Waals surface area contributed by atoms with Crippen LogP contribution in [0.3, 0.4) is 0 Å². The summed E-state index contributed by atoms with van der Waals surface area (Å²) in [4.78, 5) is 1.94. The Labute approximate surface area is 109 Å². The normalized spacial score (nSPS) is 24.7. The fourth-order valence-electron chi connectivity index (χ4n) is 2.14. The third kappa shape index (κ3) is 3.26. The number of aliphatic hydroxyl groups excluding tert-OH is 1. The molecule has 1 saturated heterocycles. The summed E-state index contributed by atoms with van der Waals surface area (Å²) in [6.45, 7) is 3.02. The summed E-state index contributed by atoms with van der Waals surface area (Å²) in [5.74, 6) is -3.82. The molecule has 1 aliphatic rings. The quantitative estimate of drug-likeness (QED) is 0.852. The van der Waals surface area contributed by atoms with E-state index in [1.807, 2.05) is 11.8 Å². The van der Waals surface area contributed by atoms with Crippen molar-refractivity contribution >= 4 is 0 Å². The van der Waals surface area contributed by atoms with E-state index >= 15 is 0 Å². The van der Waals surface area contributed by atoms with Crippen molar-refractivity contribution < 1.29 is 23.0 Å². The van der Waals surface area contributed by atoms with E-state index in [0.717, 1.165) is 12.1 Å². The predicted octanol–water partition coefficient (Wildman–Crippen LogP) is 1.69. The Morgan fingerprint density at radius 1 is 1.32 bits per heavy atom.